The van der Waals surface area contributed by atoms with Gasteiger partial charge in [-0.2, -0.15) is 11.8 Å². The summed E-state index contributed by atoms with van der Waals surface area (Å²) in [7, 11) is 0. The highest BCUT2D eigenvalue weighted by atomic mass is 32.2. The van der Waals surface area contributed by atoms with Gasteiger partial charge in [-0.3, -0.25) is 5.32 Å². The molecule has 15 heavy (non-hydrogen) atoms. The third-order valence-electron chi connectivity index (χ3n) is 3.81. The van der Waals surface area contributed by atoms with Crippen molar-refractivity contribution in [3.05, 3.63) is 0 Å². The fourth-order valence-corrected chi connectivity index (χ4v) is 4.02. The van der Waals surface area contributed by atoms with E-state index in [1.165, 1.54) is 11.5 Å². The zero-order chi connectivity index (χ0) is 10.2. The summed E-state index contributed by atoms with van der Waals surface area (Å²) in [6, 6.07) is 0. The minimum Gasteiger partial charge on any atom is -0.378 e. The lowest BCUT2D eigenvalue weighted by molar-refractivity contribution is -0.202. The highest BCUT2D eigenvalue weighted by Gasteiger charge is 2.47. The van der Waals surface area contributed by atoms with E-state index >= 15 is 0 Å². The molecule has 4 heteroatoms. The van der Waals surface area contributed by atoms with E-state index in [9.17, 15) is 0 Å². The molecule has 0 aromatic heterocycles. The van der Waals surface area contributed by atoms with Gasteiger partial charge in [0.1, 0.15) is 5.72 Å². The second-order valence-corrected chi connectivity index (χ2v) is 6.10. The number of rotatable bonds is 0. The molecule has 1 unspecified atom stereocenters. The summed E-state index contributed by atoms with van der Waals surface area (Å²) >= 11 is 2.04. The molecular weight excluding hydrogens is 210 g/mol. The standard InChI is InChI=1S/C11H19NO2S/c1-5-12-11(3-7-15-8-4-11)14-10(1)2-6-13-9-10/h12H,1-9H2. The van der Waals surface area contributed by atoms with Crippen LogP contribution in [0.4, 0.5) is 0 Å². The topological polar surface area (TPSA) is 30.5 Å². The molecular formula is C11H19NO2S. The lowest BCUT2D eigenvalue weighted by Gasteiger charge is -2.48. The molecule has 3 aliphatic heterocycles. The molecule has 3 aliphatic rings. The summed E-state index contributed by atoms with van der Waals surface area (Å²) in [6.07, 6.45) is 4.50. The Morgan fingerprint density at radius 2 is 1.93 bits per heavy atom. The van der Waals surface area contributed by atoms with Crippen molar-refractivity contribution in [3.8, 4) is 0 Å². The molecule has 0 amide bonds. The maximum absolute atomic E-state index is 6.41. The monoisotopic (exact) mass is 229 g/mol. The average molecular weight is 229 g/mol. The maximum Gasteiger partial charge on any atom is 0.121 e. The van der Waals surface area contributed by atoms with Gasteiger partial charge in [-0.1, -0.05) is 0 Å². The summed E-state index contributed by atoms with van der Waals surface area (Å²) in [4.78, 5) is 0. The Morgan fingerprint density at radius 3 is 2.67 bits per heavy atom. The van der Waals surface area contributed by atoms with E-state index in [1.807, 2.05) is 11.8 Å². The van der Waals surface area contributed by atoms with Crippen LogP contribution >= 0.6 is 11.8 Å². The first-order valence-corrected chi connectivity index (χ1v) is 7.09. The van der Waals surface area contributed by atoms with Crippen LogP contribution in [0.15, 0.2) is 0 Å². The van der Waals surface area contributed by atoms with Gasteiger partial charge in [0.15, 0.2) is 0 Å². The van der Waals surface area contributed by atoms with Crippen LogP contribution < -0.4 is 5.32 Å². The van der Waals surface area contributed by atoms with Gasteiger partial charge in [0.05, 0.1) is 12.2 Å². The molecule has 3 saturated heterocycles. The van der Waals surface area contributed by atoms with Gasteiger partial charge in [-0.15, -0.1) is 0 Å². The van der Waals surface area contributed by atoms with E-state index in [0.717, 1.165) is 45.4 Å². The zero-order valence-electron chi connectivity index (χ0n) is 9.09. The first-order valence-electron chi connectivity index (χ1n) is 5.93. The molecule has 0 radical (unpaired) electrons. The summed E-state index contributed by atoms with van der Waals surface area (Å²) < 4.78 is 11.9. The smallest absolute Gasteiger partial charge is 0.121 e. The molecule has 3 heterocycles. The van der Waals surface area contributed by atoms with Gasteiger partial charge >= 0.3 is 0 Å². The second kappa shape index (κ2) is 3.91. The molecule has 0 aromatic carbocycles. The van der Waals surface area contributed by atoms with E-state index in [1.54, 1.807) is 0 Å². The highest BCUT2D eigenvalue weighted by Crippen LogP contribution is 2.39. The van der Waals surface area contributed by atoms with Gasteiger partial charge in [0.2, 0.25) is 0 Å². The Bertz CT molecular complexity index is 229. The number of nitrogens with one attached hydrogen (secondary N) is 1. The Hall–Kier alpha value is 0.230. The summed E-state index contributed by atoms with van der Waals surface area (Å²) in [5.41, 5.74) is 0.0322. The van der Waals surface area contributed by atoms with Crippen LogP contribution in [0, 0.1) is 0 Å². The zero-order valence-corrected chi connectivity index (χ0v) is 9.91. The SMILES string of the molecule is C1CC2(CCOC2)OC2(CCSCC2)N1. The molecule has 0 saturated carbocycles. The van der Waals surface area contributed by atoms with Crippen LogP contribution in [0.1, 0.15) is 25.7 Å². The fraction of sp³-hybridized carbons (Fsp3) is 1.00. The molecule has 3 fully saturated rings. The van der Waals surface area contributed by atoms with Crippen molar-refractivity contribution in [2.45, 2.75) is 37.0 Å². The Morgan fingerprint density at radius 1 is 1.07 bits per heavy atom. The third kappa shape index (κ3) is 1.93. The molecule has 86 valence electrons. The molecule has 0 aliphatic carbocycles. The lowest BCUT2D eigenvalue weighted by Crippen LogP contribution is -2.61. The molecule has 3 nitrogen and oxygen atoms in total. The van der Waals surface area contributed by atoms with Crippen LogP contribution in [0.3, 0.4) is 0 Å². The second-order valence-electron chi connectivity index (χ2n) is 4.87. The van der Waals surface area contributed by atoms with E-state index in [0.29, 0.717) is 0 Å². The van der Waals surface area contributed by atoms with Crippen molar-refractivity contribution < 1.29 is 9.47 Å². The number of hydrogen-bond donors (Lipinski definition) is 1. The van der Waals surface area contributed by atoms with E-state index in [4.69, 9.17) is 9.47 Å². The predicted molar refractivity (Wildman–Crippen MR) is 61.2 cm³/mol. The van der Waals surface area contributed by atoms with Crippen molar-refractivity contribution in [2.24, 2.45) is 0 Å². The average Bonchev–Trinajstić information content (AvgIpc) is 2.67. The van der Waals surface area contributed by atoms with Gasteiger partial charge < -0.3 is 9.47 Å². The molecule has 1 atom stereocenters. The van der Waals surface area contributed by atoms with Gasteiger partial charge in [-0.05, 0) is 30.8 Å². The van der Waals surface area contributed by atoms with Gasteiger partial charge in [0, 0.05) is 19.6 Å². The fourth-order valence-electron chi connectivity index (χ4n) is 2.87. The first kappa shape index (κ1) is 10.4. The van der Waals surface area contributed by atoms with Crippen LogP contribution in [0.2, 0.25) is 0 Å². The molecule has 3 rings (SSSR count). The first-order chi connectivity index (χ1) is 7.33. The third-order valence-corrected chi connectivity index (χ3v) is 4.79. The van der Waals surface area contributed by atoms with Gasteiger partial charge in [-0.25, -0.2) is 0 Å². The summed E-state index contributed by atoms with van der Waals surface area (Å²) in [6.45, 7) is 2.78. The minimum absolute atomic E-state index is 0.0167. The lowest BCUT2D eigenvalue weighted by atomic mass is 9.92. The minimum atomic E-state index is -0.0167. The van der Waals surface area contributed by atoms with Crippen molar-refractivity contribution in [1.82, 2.24) is 5.32 Å². The van der Waals surface area contributed by atoms with Crippen LogP contribution in [0.25, 0.3) is 0 Å². The molecule has 1 N–H and O–H groups in total. The van der Waals surface area contributed by atoms with E-state index < -0.39 is 0 Å². The number of thioether (sulfide) groups is 1. The summed E-state index contributed by atoms with van der Waals surface area (Å²) in [5.74, 6) is 2.45. The number of ether oxygens (including phenoxy) is 2. The van der Waals surface area contributed by atoms with E-state index in [2.05, 4.69) is 5.32 Å². The maximum atomic E-state index is 6.41. The molecule has 0 aromatic rings. The normalized spacial score (nSPS) is 40.0. The van der Waals surface area contributed by atoms with Crippen molar-refractivity contribution in [3.63, 3.8) is 0 Å². The number of hydrogen-bond acceptors (Lipinski definition) is 4. The van der Waals surface area contributed by atoms with Crippen molar-refractivity contribution >= 4 is 11.8 Å². The molecule has 0 bridgehead atoms. The van der Waals surface area contributed by atoms with Crippen molar-refractivity contribution in [2.75, 3.05) is 31.3 Å². The Labute approximate surface area is 95.3 Å². The Kier molecular flexibility index (Phi) is 2.71. The van der Waals surface area contributed by atoms with Crippen molar-refractivity contribution in [1.29, 1.82) is 0 Å². The Balaban J connectivity index is 1.74. The quantitative estimate of drug-likeness (QED) is 0.680. The summed E-state index contributed by atoms with van der Waals surface area (Å²) in [5, 5.41) is 3.59. The highest BCUT2D eigenvalue weighted by molar-refractivity contribution is 7.99. The van der Waals surface area contributed by atoms with Crippen LogP contribution in [0.5, 0.6) is 0 Å². The van der Waals surface area contributed by atoms with Crippen LogP contribution in [-0.4, -0.2) is 42.6 Å². The largest absolute Gasteiger partial charge is 0.378 e. The van der Waals surface area contributed by atoms with Gasteiger partial charge in [0.25, 0.3) is 0 Å². The van der Waals surface area contributed by atoms with E-state index in [-0.39, 0.29) is 11.3 Å². The molecule has 2 spiro atoms. The predicted octanol–water partition coefficient (Wildman–Crippen LogP) is 1.38. The van der Waals surface area contributed by atoms with Crippen LogP contribution in [-0.2, 0) is 9.47 Å².